The van der Waals surface area contributed by atoms with Gasteiger partial charge in [0.05, 0.1) is 23.3 Å². The molecular formula is C34H38FN7O3S. The Kier molecular flexibility index (Phi) is 9.18. The molecule has 0 spiro atoms. The van der Waals surface area contributed by atoms with Crippen molar-refractivity contribution in [2.45, 2.75) is 58.4 Å². The summed E-state index contributed by atoms with van der Waals surface area (Å²) < 4.78 is 14.4. The van der Waals surface area contributed by atoms with Crippen LogP contribution >= 0.6 is 11.3 Å². The van der Waals surface area contributed by atoms with Crippen molar-refractivity contribution in [1.82, 2.24) is 30.1 Å². The van der Waals surface area contributed by atoms with Crippen LogP contribution in [0, 0.1) is 5.82 Å². The number of amides is 4. The first-order valence-electron chi connectivity index (χ1n) is 15.6. The standard InChI is InChI=1S/C34H38FN7O3S/c1-3-16-40(34(45)37-18-24-12-14-26(35)15-13-24)41-21-30(43)42-27(17-23-10-8-22(4-2)9-11-23)32(44)39(20-29(41)42)19-25-6-5-7-28-31(25)38-33(36)46-28/h5-15,27,29H,3-4,16-21H2,1-2H3,(H2,36,38)(H,37,45)/t27-,29+/m0/s1. The minimum absolute atomic E-state index is 0.0285. The smallest absolute Gasteiger partial charge is 0.332 e. The second-order valence-corrected chi connectivity index (χ2v) is 12.8. The molecule has 3 N–H and O–H groups in total. The Hall–Kier alpha value is -4.55. The van der Waals surface area contributed by atoms with Gasteiger partial charge in [0, 0.05) is 26.1 Å². The van der Waals surface area contributed by atoms with Crippen molar-refractivity contribution in [3.8, 4) is 0 Å². The number of para-hydroxylation sites is 1. The maximum absolute atomic E-state index is 14.3. The third-order valence-corrected chi connectivity index (χ3v) is 9.49. The number of anilines is 1. The number of aromatic nitrogens is 1. The van der Waals surface area contributed by atoms with Gasteiger partial charge in [-0.3, -0.25) is 14.6 Å². The lowest BCUT2D eigenvalue weighted by Crippen LogP contribution is -2.66. The molecule has 2 fully saturated rings. The molecule has 240 valence electrons. The highest BCUT2D eigenvalue weighted by Crippen LogP contribution is 2.32. The number of hydrazine groups is 1. The van der Waals surface area contributed by atoms with E-state index in [1.165, 1.54) is 29.0 Å². The SMILES string of the molecule is CCCN(C(=O)NCc1ccc(F)cc1)N1CC(=O)N2[C@@H](Cc3ccc(CC)cc3)C(=O)N(Cc3cccc4sc(N)nc34)C[C@@H]21. The molecule has 0 aliphatic carbocycles. The normalized spacial score (nSPS) is 18.3. The van der Waals surface area contributed by atoms with Gasteiger partial charge in [-0.15, -0.1) is 0 Å². The molecule has 12 heteroatoms. The molecule has 2 aliphatic rings. The van der Waals surface area contributed by atoms with E-state index in [1.807, 2.05) is 37.3 Å². The molecule has 6 rings (SSSR count). The van der Waals surface area contributed by atoms with Gasteiger partial charge < -0.3 is 20.9 Å². The predicted octanol–water partition coefficient (Wildman–Crippen LogP) is 4.54. The van der Waals surface area contributed by atoms with Gasteiger partial charge in [0.1, 0.15) is 18.0 Å². The van der Waals surface area contributed by atoms with Crippen LogP contribution in [-0.2, 0) is 35.5 Å². The second kappa shape index (κ2) is 13.4. The van der Waals surface area contributed by atoms with Crippen LogP contribution < -0.4 is 11.1 Å². The zero-order chi connectivity index (χ0) is 32.4. The third kappa shape index (κ3) is 6.40. The second-order valence-electron chi connectivity index (χ2n) is 11.7. The van der Waals surface area contributed by atoms with E-state index in [4.69, 9.17) is 5.73 Å². The monoisotopic (exact) mass is 643 g/mol. The zero-order valence-electron chi connectivity index (χ0n) is 26.0. The molecule has 0 bridgehead atoms. The Labute approximate surface area is 271 Å². The summed E-state index contributed by atoms with van der Waals surface area (Å²) in [7, 11) is 0. The molecule has 2 atom stereocenters. The highest BCUT2D eigenvalue weighted by molar-refractivity contribution is 7.22. The van der Waals surface area contributed by atoms with Crippen molar-refractivity contribution < 1.29 is 18.8 Å². The molecule has 0 saturated carbocycles. The van der Waals surface area contributed by atoms with E-state index in [-0.39, 0.29) is 43.3 Å². The van der Waals surface area contributed by atoms with Crippen LogP contribution in [0.2, 0.25) is 0 Å². The highest BCUT2D eigenvalue weighted by atomic mass is 32.1. The summed E-state index contributed by atoms with van der Waals surface area (Å²) in [5, 5.41) is 6.76. The third-order valence-electron chi connectivity index (χ3n) is 8.64. The largest absolute Gasteiger partial charge is 0.375 e. The van der Waals surface area contributed by atoms with Gasteiger partial charge in [0.15, 0.2) is 5.13 Å². The number of nitrogen functional groups attached to an aromatic ring is 1. The molecule has 1 aromatic heterocycles. The number of benzene rings is 3. The number of hydrogen-bond donors (Lipinski definition) is 2. The van der Waals surface area contributed by atoms with E-state index in [0.717, 1.165) is 33.3 Å². The fraction of sp³-hybridized carbons (Fsp3) is 0.353. The number of aryl methyl sites for hydroxylation is 1. The van der Waals surface area contributed by atoms with E-state index in [0.29, 0.717) is 31.1 Å². The number of carbonyl (C=O) groups is 3. The number of nitrogens with two attached hydrogens (primary N) is 1. The van der Waals surface area contributed by atoms with Crippen molar-refractivity contribution in [1.29, 1.82) is 0 Å². The lowest BCUT2D eigenvalue weighted by atomic mass is 9.98. The predicted molar refractivity (Wildman–Crippen MR) is 176 cm³/mol. The van der Waals surface area contributed by atoms with Gasteiger partial charge in [0.25, 0.3) is 0 Å². The van der Waals surface area contributed by atoms with Crippen molar-refractivity contribution >= 4 is 44.5 Å². The Morgan fingerprint density at radius 2 is 1.76 bits per heavy atom. The van der Waals surface area contributed by atoms with E-state index >= 15 is 0 Å². The van der Waals surface area contributed by atoms with E-state index < -0.39 is 12.2 Å². The minimum Gasteiger partial charge on any atom is -0.375 e. The van der Waals surface area contributed by atoms with Gasteiger partial charge in [-0.25, -0.2) is 14.2 Å². The fourth-order valence-electron chi connectivity index (χ4n) is 6.31. The van der Waals surface area contributed by atoms with Crippen molar-refractivity contribution in [2.75, 3.05) is 25.4 Å². The molecule has 0 radical (unpaired) electrons. The lowest BCUT2D eigenvalue weighted by molar-refractivity contribution is -0.157. The molecule has 4 aromatic rings. The molecule has 46 heavy (non-hydrogen) atoms. The molecular weight excluding hydrogens is 605 g/mol. The van der Waals surface area contributed by atoms with Gasteiger partial charge in [0.2, 0.25) is 11.8 Å². The number of halogens is 1. The summed E-state index contributed by atoms with van der Waals surface area (Å²) in [5.74, 6) is -0.691. The molecule has 3 heterocycles. The first-order chi connectivity index (χ1) is 22.2. The Bertz CT molecular complexity index is 1730. The van der Waals surface area contributed by atoms with Crippen LogP contribution in [0.4, 0.5) is 14.3 Å². The Morgan fingerprint density at radius 3 is 2.48 bits per heavy atom. The van der Waals surface area contributed by atoms with Gasteiger partial charge in [-0.1, -0.05) is 73.7 Å². The summed E-state index contributed by atoms with van der Waals surface area (Å²) in [6.45, 7) is 5.13. The lowest BCUT2D eigenvalue weighted by Gasteiger charge is -2.46. The van der Waals surface area contributed by atoms with Gasteiger partial charge >= 0.3 is 6.03 Å². The minimum atomic E-state index is -0.741. The summed E-state index contributed by atoms with van der Waals surface area (Å²) >= 11 is 1.40. The average molecular weight is 644 g/mol. The Balaban J connectivity index is 1.30. The number of thiazole rings is 1. The number of nitrogens with one attached hydrogen (secondary N) is 1. The van der Waals surface area contributed by atoms with Crippen LogP contribution in [0.15, 0.2) is 66.7 Å². The number of rotatable bonds is 10. The average Bonchev–Trinajstić information content (AvgIpc) is 3.60. The molecule has 2 aliphatic heterocycles. The first kappa shape index (κ1) is 31.4. The van der Waals surface area contributed by atoms with Crippen LogP contribution in [-0.4, -0.2) is 74.5 Å². The van der Waals surface area contributed by atoms with Gasteiger partial charge in [-0.05, 0) is 53.3 Å². The Morgan fingerprint density at radius 1 is 1.04 bits per heavy atom. The topological polar surface area (TPSA) is 115 Å². The summed E-state index contributed by atoms with van der Waals surface area (Å²) in [6.07, 6.45) is 1.37. The number of carbonyl (C=O) groups excluding carboxylic acids is 3. The quantitative estimate of drug-likeness (QED) is 0.262. The summed E-state index contributed by atoms with van der Waals surface area (Å²) in [5.41, 5.74) is 10.6. The molecule has 10 nitrogen and oxygen atoms in total. The number of piperazine rings is 1. The fourth-order valence-corrected chi connectivity index (χ4v) is 7.09. The highest BCUT2D eigenvalue weighted by Gasteiger charge is 2.52. The van der Waals surface area contributed by atoms with Crippen LogP contribution in [0.1, 0.15) is 42.5 Å². The van der Waals surface area contributed by atoms with Crippen LogP contribution in [0.5, 0.6) is 0 Å². The van der Waals surface area contributed by atoms with E-state index in [9.17, 15) is 18.8 Å². The van der Waals surface area contributed by atoms with Crippen molar-refractivity contribution in [3.05, 3.63) is 94.8 Å². The number of fused-ring (bicyclic) bond motifs is 2. The molecule has 2 saturated heterocycles. The first-order valence-corrected chi connectivity index (χ1v) is 16.4. The maximum Gasteiger partial charge on any atom is 0.332 e. The van der Waals surface area contributed by atoms with E-state index in [1.54, 1.807) is 32.0 Å². The molecule has 0 unspecified atom stereocenters. The summed E-state index contributed by atoms with van der Waals surface area (Å²) in [4.78, 5) is 49.6. The summed E-state index contributed by atoms with van der Waals surface area (Å²) in [6, 6.07) is 18.8. The van der Waals surface area contributed by atoms with E-state index in [2.05, 4.69) is 29.4 Å². The van der Waals surface area contributed by atoms with Crippen LogP contribution in [0.25, 0.3) is 10.2 Å². The molecule has 4 amide bonds. The number of hydrogen-bond acceptors (Lipinski definition) is 7. The van der Waals surface area contributed by atoms with Crippen molar-refractivity contribution in [2.24, 2.45) is 0 Å². The number of nitrogens with zero attached hydrogens (tertiary/aromatic N) is 5. The van der Waals surface area contributed by atoms with Gasteiger partial charge in [-0.2, -0.15) is 5.01 Å². The number of urea groups is 1. The van der Waals surface area contributed by atoms with Crippen LogP contribution in [0.3, 0.4) is 0 Å². The maximum atomic E-state index is 14.3. The zero-order valence-corrected chi connectivity index (χ0v) is 26.8. The van der Waals surface area contributed by atoms with Crippen molar-refractivity contribution in [3.63, 3.8) is 0 Å². The molecule has 3 aromatic carbocycles.